The van der Waals surface area contributed by atoms with Gasteiger partial charge in [-0.05, 0) is 43.5 Å². The van der Waals surface area contributed by atoms with Crippen LogP contribution in [-0.4, -0.2) is 33.7 Å². The standard InChI is InChI=1S/C22H24N4O/c1-16-22(17(2)26(24-16)20-10-4-3-5-11-20)23-21(27)15-25-13-12-18-8-6-7-9-19(18)14-25/h3-11H,12-15H2,1-2H3,(H,23,27). The monoisotopic (exact) mass is 360 g/mol. The van der Waals surface area contributed by atoms with Crippen molar-refractivity contribution in [2.75, 3.05) is 18.4 Å². The van der Waals surface area contributed by atoms with E-state index in [4.69, 9.17) is 0 Å². The molecule has 0 spiro atoms. The van der Waals surface area contributed by atoms with Crippen molar-refractivity contribution in [3.8, 4) is 5.69 Å². The Morgan fingerprint density at radius 2 is 1.74 bits per heavy atom. The minimum Gasteiger partial charge on any atom is -0.322 e. The van der Waals surface area contributed by atoms with Crippen LogP contribution < -0.4 is 5.32 Å². The van der Waals surface area contributed by atoms with Crippen LogP contribution in [0, 0.1) is 13.8 Å². The van der Waals surface area contributed by atoms with Crippen LogP contribution in [0.15, 0.2) is 54.6 Å². The number of aryl methyl sites for hydroxylation is 1. The number of rotatable bonds is 4. The molecular weight excluding hydrogens is 336 g/mol. The number of carbonyl (C=O) groups excluding carboxylic acids is 1. The zero-order valence-corrected chi connectivity index (χ0v) is 15.8. The van der Waals surface area contributed by atoms with Crippen LogP contribution in [0.1, 0.15) is 22.5 Å². The molecule has 1 amide bonds. The first-order chi connectivity index (χ1) is 13.1. The van der Waals surface area contributed by atoms with Gasteiger partial charge in [0.2, 0.25) is 5.91 Å². The third kappa shape index (κ3) is 3.64. The molecule has 0 aliphatic carbocycles. The highest BCUT2D eigenvalue weighted by atomic mass is 16.2. The normalized spacial score (nSPS) is 14.0. The Balaban J connectivity index is 1.45. The summed E-state index contributed by atoms with van der Waals surface area (Å²) in [6.07, 6.45) is 0.994. The molecule has 0 radical (unpaired) electrons. The molecule has 3 aromatic rings. The molecule has 27 heavy (non-hydrogen) atoms. The Hall–Kier alpha value is -2.92. The highest BCUT2D eigenvalue weighted by Crippen LogP contribution is 2.23. The molecule has 5 heteroatoms. The number of anilines is 1. The summed E-state index contributed by atoms with van der Waals surface area (Å²) in [6.45, 7) is 6.04. The maximum atomic E-state index is 12.7. The van der Waals surface area contributed by atoms with Crippen LogP contribution in [0.2, 0.25) is 0 Å². The van der Waals surface area contributed by atoms with Gasteiger partial charge in [-0.15, -0.1) is 0 Å². The van der Waals surface area contributed by atoms with Gasteiger partial charge in [-0.2, -0.15) is 5.10 Å². The summed E-state index contributed by atoms with van der Waals surface area (Å²) in [7, 11) is 0. The highest BCUT2D eigenvalue weighted by molar-refractivity contribution is 5.93. The van der Waals surface area contributed by atoms with Crippen molar-refractivity contribution < 1.29 is 4.79 Å². The van der Waals surface area contributed by atoms with Gasteiger partial charge >= 0.3 is 0 Å². The number of hydrogen-bond acceptors (Lipinski definition) is 3. The summed E-state index contributed by atoms with van der Waals surface area (Å²) in [5.74, 6) is 0.00759. The lowest BCUT2D eigenvalue weighted by Gasteiger charge is -2.28. The molecule has 1 aromatic heterocycles. The fourth-order valence-electron chi connectivity index (χ4n) is 3.72. The lowest BCUT2D eigenvalue weighted by molar-refractivity contribution is -0.117. The minimum atomic E-state index is 0.00759. The molecule has 0 atom stereocenters. The Labute approximate surface area is 159 Å². The van der Waals surface area contributed by atoms with E-state index in [1.54, 1.807) is 0 Å². The second kappa shape index (κ2) is 7.37. The van der Waals surface area contributed by atoms with Crippen molar-refractivity contribution in [3.05, 3.63) is 77.1 Å². The van der Waals surface area contributed by atoms with E-state index in [2.05, 4.69) is 39.6 Å². The fourth-order valence-corrected chi connectivity index (χ4v) is 3.72. The average molecular weight is 360 g/mol. The first-order valence-electron chi connectivity index (χ1n) is 9.32. The predicted octanol–water partition coefficient (Wildman–Crippen LogP) is 3.49. The molecule has 1 aliphatic heterocycles. The summed E-state index contributed by atoms with van der Waals surface area (Å²) < 4.78 is 1.88. The highest BCUT2D eigenvalue weighted by Gasteiger charge is 2.20. The number of hydrogen-bond donors (Lipinski definition) is 1. The van der Waals surface area contributed by atoms with Gasteiger partial charge in [0.15, 0.2) is 0 Å². The Kier molecular flexibility index (Phi) is 4.77. The fraction of sp³-hybridized carbons (Fsp3) is 0.273. The number of nitrogens with zero attached hydrogens (tertiary/aromatic N) is 3. The third-order valence-electron chi connectivity index (χ3n) is 5.13. The number of fused-ring (bicyclic) bond motifs is 1. The number of para-hydroxylation sites is 1. The van der Waals surface area contributed by atoms with E-state index in [1.165, 1.54) is 11.1 Å². The molecule has 2 aromatic carbocycles. The van der Waals surface area contributed by atoms with E-state index in [9.17, 15) is 4.79 Å². The quantitative estimate of drug-likeness (QED) is 0.775. The molecular formula is C22H24N4O. The Morgan fingerprint density at radius 1 is 1.04 bits per heavy atom. The van der Waals surface area contributed by atoms with E-state index < -0.39 is 0 Å². The minimum absolute atomic E-state index is 0.00759. The zero-order chi connectivity index (χ0) is 18.8. The molecule has 4 rings (SSSR count). The first-order valence-corrected chi connectivity index (χ1v) is 9.32. The summed E-state index contributed by atoms with van der Waals surface area (Å²) in [4.78, 5) is 14.9. The van der Waals surface area contributed by atoms with Gasteiger partial charge in [0.05, 0.1) is 29.3 Å². The van der Waals surface area contributed by atoms with Crippen molar-refractivity contribution in [2.45, 2.75) is 26.8 Å². The average Bonchev–Trinajstić information content (AvgIpc) is 2.97. The van der Waals surface area contributed by atoms with Crippen LogP contribution in [0.25, 0.3) is 5.69 Å². The maximum absolute atomic E-state index is 12.7. The zero-order valence-electron chi connectivity index (χ0n) is 15.8. The lowest BCUT2D eigenvalue weighted by Crippen LogP contribution is -2.37. The van der Waals surface area contributed by atoms with Crippen molar-refractivity contribution in [1.82, 2.24) is 14.7 Å². The number of benzene rings is 2. The predicted molar refractivity (Wildman–Crippen MR) is 107 cm³/mol. The summed E-state index contributed by atoms with van der Waals surface area (Å²) in [6, 6.07) is 18.4. The van der Waals surface area contributed by atoms with Crippen LogP contribution >= 0.6 is 0 Å². The second-order valence-electron chi connectivity index (χ2n) is 7.07. The number of amides is 1. The summed E-state index contributed by atoms with van der Waals surface area (Å²) >= 11 is 0. The SMILES string of the molecule is Cc1nn(-c2ccccc2)c(C)c1NC(=O)CN1CCc2ccccc2C1. The molecule has 0 fully saturated rings. The maximum Gasteiger partial charge on any atom is 0.238 e. The Bertz CT molecular complexity index is 962. The van der Waals surface area contributed by atoms with Crippen LogP contribution in [-0.2, 0) is 17.8 Å². The largest absolute Gasteiger partial charge is 0.322 e. The van der Waals surface area contributed by atoms with Gasteiger partial charge in [-0.1, -0.05) is 42.5 Å². The van der Waals surface area contributed by atoms with Gasteiger partial charge in [0.1, 0.15) is 0 Å². The molecule has 138 valence electrons. The van der Waals surface area contributed by atoms with Gasteiger partial charge in [-0.3, -0.25) is 9.69 Å². The van der Waals surface area contributed by atoms with E-state index in [-0.39, 0.29) is 5.91 Å². The first kappa shape index (κ1) is 17.5. The van der Waals surface area contributed by atoms with E-state index in [0.717, 1.165) is 42.3 Å². The van der Waals surface area contributed by atoms with Crippen LogP contribution in [0.5, 0.6) is 0 Å². The van der Waals surface area contributed by atoms with Crippen molar-refractivity contribution in [3.63, 3.8) is 0 Å². The van der Waals surface area contributed by atoms with Gasteiger partial charge in [0.25, 0.3) is 0 Å². The van der Waals surface area contributed by atoms with Crippen molar-refractivity contribution in [1.29, 1.82) is 0 Å². The van der Waals surface area contributed by atoms with Crippen molar-refractivity contribution in [2.24, 2.45) is 0 Å². The number of carbonyl (C=O) groups is 1. The number of nitrogens with one attached hydrogen (secondary N) is 1. The van der Waals surface area contributed by atoms with Crippen molar-refractivity contribution >= 4 is 11.6 Å². The Morgan fingerprint density at radius 3 is 2.52 bits per heavy atom. The van der Waals surface area contributed by atoms with E-state index >= 15 is 0 Å². The van der Waals surface area contributed by atoms with Gasteiger partial charge in [-0.25, -0.2) is 4.68 Å². The molecule has 0 unspecified atom stereocenters. The third-order valence-corrected chi connectivity index (χ3v) is 5.13. The topological polar surface area (TPSA) is 50.2 Å². The molecule has 2 heterocycles. The second-order valence-corrected chi connectivity index (χ2v) is 7.07. The molecule has 1 aliphatic rings. The molecule has 0 saturated heterocycles. The van der Waals surface area contributed by atoms with E-state index in [0.29, 0.717) is 6.54 Å². The summed E-state index contributed by atoms with van der Waals surface area (Å²) in [5.41, 5.74) is 6.28. The van der Waals surface area contributed by atoms with Crippen LogP contribution in [0.4, 0.5) is 5.69 Å². The van der Waals surface area contributed by atoms with Crippen LogP contribution in [0.3, 0.4) is 0 Å². The lowest BCUT2D eigenvalue weighted by atomic mass is 10.00. The number of aromatic nitrogens is 2. The molecule has 1 N–H and O–H groups in total. The smallest absolute Gasteiger partial charge is 0.238 e. The van der Waals surface area contributed by atoms with E-state index in [1.807, 2.05) is 48.9 Å². The summed E-state index contributed by atoms with van der Waals surface area (Å²) in [5, 5.41) is 7.67. The molecule has 0 bridgehead atoms. The molecule has 5 nitrogen and oxygen atoms in total. The van der Waals surface area contributed by atoms with Gasteiger partial charge < -0.3 is 5.32 Å². The van der Waals surface area contributed by atoms with Gasteiger partial charge in [0, 0.05) is 13.1 Å². The molecule has 0 saturated carbocycles.